The Morgan fingerprint density at radius 1 is 1.02 bits per heavy atom. The Labute approximate surface area is 278 Å². The van der Waals surface area contributed by atoms with Gasteiger partial charge in [-0.25, -0.2) is 4.79 Å². The number of hydrogen-bond acceptors (Lipinski definition) is 7. The number of nitrogens with one attached hydrogen (secondary N) is 3. The van der Waals surface area contributed by atoms with Crippen LogP contribution in [-0.4, -0.2) is 77.1 Å². The number of rotatable bonds is 14. The number of carbonyl (C=O) groups is 6. The van der Waals surface area contributed by atoms with Gasteiger partial charge in [-0.2, -0.15) is 0 Å². The Bertz CT molecular complexity index is 1360. The fraction of sp³-hybridized carbons (Fsp3) is 0.611. The van der Waals surface area contributed by atoms with Gasteiger partial charge in [0.25, 0.3) is 5.91 Å². The standard InChI is InChI=1S/C36H52N4O7/c1-10-11-17-25(28(42)31(44)37-19-18-23(41)20-22-15-13-12-14-16-22)38-30(43)27-26-24(36(26,8)9)21-40(27)32(45)29(34(2,3)4)39-33(46)47-35(5,6)7/h10,12-16,24-27,29H,1,11,17-21H2,2-9H3,(H,37,44)(H,38,43)(H,39,46)/t24-,25?,26-,27-,29?/m0/s1. The topological polar surface area (TPSA) is 151 Å². The minimum atomic E-state index is -1.16. The van der Waals surface area contributed by atoms with Gasteiger partial charge in [0.1, 0.15) is 23.5 Å². The van der Waals surface area contributed by atoms with Crippen LogP contribution in [0.1, 0.15) is 80.2 Å². The number of fused-ring (bicyclic) bond motifs is 1. The molecule has 47 heavy (non-hydrogen) atoms. The van der Waals surface area contributed by atoms with Crippen LogP contribution < -0.4 is 16.0 Å². The molecule has 0 spiro atoms. The molecule has 4 amide bonds. The number of ether oxygens (including phenoxy) is 1. The van der Waals surface area contributed by atoms with Crippen molar-refractivity contribution in [2.75, 3.05) is 13.1 Å². The fourth-order valence-electron chi connectivity index (χ4n) is 6.34. The van der Waals surface area contributed by atoms with Crippen molar-refractivity contribution in [2.24, 2.45) is 22.7 Å². The van der Waals surface area contributed by atoms with E-state index < -0.39 is 58.7 Å². The first-order valence-electron chi connectivity index (χ1n) is 16.4. The van der Waals surface area contributed by atoms with Crippen molar-refractivity contribution in [3.8, 4) is 0 Å². The summed E-state index contributed by atoms with van der Waals surface area (Å²) in [5.41, 5.74) is -0.824. The van der Waals surface area contributed by atoms with E-state index in [1.54, 1.807) is 26.8 Å². The third-order valence-electron chi connectivity index (χ3n) is 8.98. The molecule has 3 N–H and O–H groups in total. The Morgan fingerprint density at radius 3 is 2.23 bits per heavy atom. The summed E-state index contributed by atoms with van der Waals surface area (Å²) in [7, 11) is 0. The Balaban J connectivity index is 1.72. The Morgan fingerprint density at radius 2 is 1.66 bits per heavy atom. The maximum atomic E-state index is 14.1. The molecule has 1 aromatic carbocycles. The van der Waals surface area contributed by atoms with Gasteiger partial charge in [0.05, 0.1) is 6.04 Å². The minimum Gasteiger partial charge on any atom is -0.444 e. The number of piperidine rings is 1. The minimum absolute atomic E-state index is 0.0138. The molecule has 1 aliphatic heterocycles. The van der Waals surface area contributed by atoms with Crippen molar-refractivity contribution in [2.45, 2.75) is 105 Å². The molecule has 1 saturated heterocycles. The summed E-state index contributed by atoms with van der Waals surface area (Å²) in [6.07, 6.45) is 1.63. The van der Waals surface area contributed by atoms with Crippen molar-refractivity contribution in [1.29, 1.82) is 0 Å². The van der Waals surface area contributed by atoms with Crippen LogP contribution in [0.25, 0.3) is 0 Å². The summed E-state index contributed by atoms with van der Waals surface area (Å²) in [5, 5.41) is 8.00. The van der Waals surface area contributed by atoms with Crippen molar-refractivity contribution in [3.63, 3.8) is 0 Å². The van der Waals surface area contributed by atoms with E-state index >= 15 is 0 Å². The maximum absolute atomic E-state index is 14.1. The smallest absolute Gasteiger partial charge is 0.408 e. The average Bonchev–Trinajstić information content (AvgIpc) is 3.27. The summed E-state index contributed by atoms with van der Waals surface area (Å²) in [4.78, 5) is 80.8. The number of amides is 4. The lowest BCUT2D eigenvalue weighted by Gasteiger charge is -2.38. The number of hydrogen-bond donors (Lipinski definition) is 3. The van der Waals surface area contributed by atoms with E-state index in [2.05, 4.69) is 22.5 Å². The number of carbonyl (C=O) groups excluding carboxylic acids is 6. The van der Waals surface area contributed by atoms with Crippen LogP contribution in [0.2, 0.25) is 0 Å². The van der Waals surface area contributed by atoms with Crippen LogP contribution in [0.4, 0.5) is 4.79 Å². The van der Waals surface area contributed by atoms with Crippen molar-refractivity contribution >= 4 is 35.4 Å². The quantitative estimate of drug-likeness (QED) is 0.205. The van der Waals surface area contributed by atoms with Gasteiger partial charge >= 0.3 is 6.09 Å². The van der Waals surface area contributed by atoms with Gasteiger partial charge in [-0.05, 0) is 61.8 Å². The summed E-state index contributed by atoms with van der Waals surface area (Å²) < 4.78 is 5.42. The lowest BCUT2D eigenvalue weighted by atomic mass is 9.85. The second kappa shape index (κ2) is 14.8. The Hall–Kier alpha value is -4.02. The zero-order chi connectivity index (χ0) is 35.3. The van der Waals surface area contributed by atoms with E-state index in [9.17, 15) is 28.8 Å². The Kier molecular flexibility index (Phi) is 11.8. The number of benzene rings is 1. The lowest BCUT2D eigenvalue weighted by molar-refractivity contribution is -0.145. The SMILES string of the molecule is C=CCCC(NC(=O)[C@@H]1[C@@H]2[C@H](CN1C(=O)C(NC(=O)OC(C)(C)C)C(C)(C)C)C2(C)C)C(=O)C(=O)NCCC(=O)Cc1ccccc1. The van der Waals surface area contributed by atoms with E-state index in [-0.39, 0.29) is 48.8 Å². The lowest BCUT2D eigenvalue weighted by Crippen LogP contribution is -2.60. The molecule has 2 unspecified atom stereocenters. The molecular weight excluding hydrogens is 600 g/mol. The second-order valence-electron chi connectivity index (χ2n) is 15.3. The van der Waals surface area contributed by atoms with Gasteiger partial charge in [0.2, 0.25) is 17.6 Å². The highest BCUT2D eigenvalue weighted by Gasteiger charge is 2.70. The molecule has 0 radical (unpaired) electrons. The maximum Gasteiger partial charge on any atom is 0.408 e. The first-order chi connectivity index (χ1) is 21.8. The third-order valence-corrected chi connectivity index (χ3v) is 8.98. The molecule has 1 saturated carbocycles. The van der Waals surface area contributed by atoms with Gasteiger partial charge in [-0.3, -0.25) is 24.0 Å². The van der Waals surface area contributed by atoms with E-state index in [4.69, 9.17) is 4.74 Å². The van der Waals surface area contributed by atoms with Crippen LogP contribution in [0.5, 0.6) is 0 Å². The zero-order valence-electron chi connectivity index (χ0n) is 29.1. The normalized spacial score (nSPS) is 21.0. The second-order valence-corrected chi connectivity index (χ2v) is 15.3. The van der Waals surface area contributed by atoms with E-state index in [1.807, 2.05) is 65.0 Å². The number of nitrogens with zero attached hydrogens (tertiary/aromatic N) is 1. The van der Waals surface area contributed by atoms with Crippen LogP contribution in [-0.2, 0) is 35.1 Å². The van der Waals surface area contributed by atoms with E-state index in [0.29, 0.717) is 13.0 Å². The number of ketones is 2. The van der Waals surface area contributed by atoms with E-state index in [0.717, 1.165) is 5.56 Å². The van der Waals surface area contributed by atoms with Gasteiger partial charge in [0, 0.05) is 25.9 Å². The highest BCUT2D eigenvalue weighted by molar-refractivity contribution is 6.38. The monoisotopic (exact) mass is 652 g/mol. The summed E-state index contributed by atoms with van der Waals surface area (Å²) in [6, 6.07) is 6.20. The fourth-order valence-corrected chi connectivity index (χ4v) is 6.34. The van der Waals surface area contributed by atoms with E-state index in [1.165, 1.54) is 4.90 Å². The molecule has 5 atom stereocenters. The summed E-state index contributed by atoms with van der Waals surface area (Å²) in [5.74, 6) is -2.87. The number of likely N-dealkylation sites (tertiary alicyclic amines) is 1. The van der Waals surface area contributed by atoms with Gasteiger partial charge in [-0.15, -0.1) is 6.58 Å². The molecule has 3 rings (SSSR count). The van der Waals surface area contributed by atoms with Crippen LogP contribution in [0.3, 0.4) is 0 Å². The van der Waals surface area contributed by atoms with Crippen molar-refractivity contribution in [1.82, 2.24) is 20.9 Å². The third kappa shape index (κ3) is 9.74. The van der Waals surface area contributed by atoms with Crippen LogP contribution in [0.15, 0.2) is 43.0 Å². The molecular formula is C36H52N4O7. The van der Waals surface area contributed by atoms with Crippen LogP contribution in [0, 0.1) is 22.7 Å². The molecule has 2 fully saturated rings. The molecule has 0 aromatic heterocycles. The first-order valence-corrected chi connectivity index (χ1v) is 16.4. The first kappa shape index (κ1) is 37.4. The van der Waals surface area contributed by atoms with Crippen molar-refractivity contribution < 1.29 is 33.5 Å². The van der Waals surface area contributed by atoms with Crippen molar-refractivity contribution in [3.05, 3.63) is 48.6 Å². The highest BCUT2D eigenvalue weighted by atomic mass is 16.6. The largest absolute Gasteiger partial charge is 0.444 e. The van der Waals surface area contributed by atoms with Crippen LogP contribution >= 0.6 is 0 Å². The number of Topliss-reactive ketones (excluding diaryl/α,β-unsaturated/α-hetero) is 2. The molecule has 11 nitrogen and oxygen atoms in total. The molecule has 2 aliphatic rings. The molecule has 258 valence electrons. The predicted molar refractivity (Wildman–Crippen MR) is 178 cm³/mol. The van der Waals surface area contributed by atoms with Gasteiger partial charge in [-0.1, -0.05) is 71.0 Å². The molecule has 1 aromatic rings. The summed E-state index contributed by atoms with van der Waals surface area (Å²) >= 11 is 0. The van der Waals surface area contributed by atoms with Gasteiger partial charge < -0.3 is 25.6 Å². The highest BCUT2D eigenvalue weighted by Crippen LogP contribution is 2.65. The predicted octanol–water partition coefficient (Wildman–Crippen LogP) is 3.75. The zero-order valence-corrected chi connectivity index (χ0v) is 29.1. The molecule has 11 heteroatoms. The molecule has 0 bridgehead atoms. The van der Waals surface area contributed by atoms with Gasteiger partial charge in [0.15, 0.2) is 0 Å². The average molecular weight is 653 g/mol. The molecule has 1 aliphatic carbocycles. The molecule has 1 heterocycles. The number of alkyl carbamates (subject to hydrolysis) is 1. The summed E-state index contributed by atoms with van der Waals surface area (Å²) in [6.45, 7) is 18.7. The number of allylic oxidation sites excluding steroid dienone is 1.